The number of aromatic nitrogens is 2. The SMILES string of the molecule is CC1[C@H](C(=O)OC(C)(C)C)[C@H]1c1cnn(CCOCc2ccccc2)c1. The molecule has 1 saturated carbocycles. The number of hydrogen-bond acceptors (Lipinski definition) is 4. The van der Waals surface area contributed by atoms with E-state index in [2.05, 4.69) is 24.2 Å². The molecule has 1 aromatic carbocycles. The van der Waals surface area contributed by atoms with Gasteiger partial charge in [-0.25, -0.2) is 0 Å². The molecule has 1 aliphatic carbocycles. The van der Waals surface area contributed by atoms with Crippen LogP contribution in [0.25, 0.3) is 0 Å². The molecule has 1 fully saturated rings. The van der Waals surface area contributed by atoms with Gasteiger partial charge in [0, 0.05) is 12.1 Å². The molecule has 0 bridgehead atoms. The first-order valence-electron chi connectivity index (χ1n) is 9.22. The monoisotopic (exact) mass is 356 g/mol. The zero-order chi connectivity index (χ0) is 18.7. The van der Waals surface area contributed by atoms with Gasteiger partial charge in [-0.2, -0.15) is 5.10 Å². The minimum Gasteiger partial charge on any atom is -0.460 e. The molecule has 1 unspecified atom stereocenters. The van der Waals surface area contributed by atoms with Gasteiger partial charge in [-0.3, -0.25) is 9.48 Å². The summed E-state index contributed by atoms with van der Waals surface area (Å²) < 4.78 is 13.1. The molecule has 1 heterocycles. The quantitative estimate of drug-likeness (QED) is 0.559. The average molecular weight is 356 g/mol. The Morgan fingerprint density at radius 2 is 1.96 bits per heavy atom. The Hall–Kier alpha value is -2.14. The van der Waals surface area contributed by atoms with Crippen LogP contribution in [0.15, 0.2) is 42.7 Å². The van der Waals surface area contributed by atoms with Crippen molar-refractivity contribution in [3.05, 3.63) is 53.9 Å². The van der Waals surface area contributed by atoms with Crippen LogP contribution in [0.2, 0.25) is 0 Å². The Kier molecular flexibility index (Phi) is 5.47. The van der Waals surface area contributed by atoms with Gasteiger partial charge in [0.05, 0.1) is 31.9 Å². The van der Waals surface area contributed by atoms with Crippen molar-refractivity contribution in [3.63, 3.8) is 0 Å². The van der Waals surface area contributed by atoms with Gasteiger partial charge in [-0.15, -0.1) is 0 Å². The zero-order valence-corrected chi connectivity index (χ0v) is 16.0. The second kappa shape index (κ2) is 7.62. The molecule has 0 N–H and O–H groups in total. The third-order valence-electron chi connectivity index (χ3n) is 4.67. The Balaban J connectivity index is 1.47. The minimum atomic E-state index is -0.440. The van der Waals surface area contributed by atoms with Crippen LogP contribution in [-0.2, 0) is 27.4 Å². The molecular formula is C21H28N2O3. The van der Waals surface area contributed by atoms with E-state index in [9.17, 15) is 4.79 Å². The van der Waals surface area contributed by atoms with Gasteiger partial charge < -0.3 is 9.47 Å². The van der Waals surface area contributed by atoms with Crippen molar-refractivity contribution >= 4 is 5.97 Å². The number of carbonyl (C=O) groups excluding carboxylic acids is 1. The van der Waals surface area contributed by atoms with Gasteiger partial charge in [0.1, 0.15) is 5.60 Å². The van der Waals surface area contributed by atoms with E-state index in [1.54, 1.807) is 0 Å². The lowest BCUT2D eigenvalue weighted by atomic mass is 10.1. The third-order valence-corrected chi connectivity index (χ3v) is 4.67. The highest BCUT2D eigenvalue weighted by molar-refractivity contribution is 5.78. The molecule has 3 rings (SSSR count). The summed E-state index contributed by atoms with van der Waals surface area (Å²) >= 11 is 0. The summed E-state index contributed by atoms with van der Waals surface area (Å²) in [7, 11) is 0. The first kappa shape index (κ1) is 18.6. The van der Waals surface area contributed by atoms with Gasteiger partial charge in [-0.1, -0.05) is 37.3 Å². The van der Waals surface area contributed by atoms with Crippen LogP contribution in [0, 0.1) is 11.8 Å². The van der Waals surface area contributed by atoms with Gasteiger partial charge in [0.15, 0.2) is 0 Å². The predicted octanol–water partition coefficient (Wildman–Crippen LogP) is 3.79. The first-order valence-corrected chi connectivity index (χ1v) is 9.22. The number of benzene rings is 1. The molecule has 1 aromatic heterocycles. The number of esters is 1. The number of rotatable bonds is 7. The molecule has 5 nitrogen and oxygen atoms in total. The van der Waals surface area contributed by atoms with E-state index in [0.29, 0.717) is 25.7 Å². The summed E-state index contributed by atoms with van der Waals surface area (Å²) in [6.07, 6.45) is 3.89. The van der Waals surface area contributed by atoms with Crippen LogP contribution in [0.3, 0.4) is 0 Å². The molecule has 26 heavy (non-hydrogen) atoms. The summed E-state index contributed by atoms with van der Waals surface area (Å²) in [6.45, 7) is 9.72. The minimum absolute atomic E-state index is 0.0544. The highest BCUT2D eigenvalue weighted by Gasteiger charge is 2.54. The maximum absolute atomic E-state index is 12.3. The van der Waals surface area contributed by atoms with E-state index in [1.165, 1.54) is 5.56 Å². The van der Waals surface area contributed by atoms with Crippen LogP contribution in [0.1, 0.15) is 44.7 Å². The van der Waals surface area contributed by atoms with Crippen molar-refractivity contribution in [2.45, 2.75) is 52.4 Å². The summed E-state index contributed by atoms with van der Waals surface area (Å²) in [5.41, 5.74) is 1.83. The molecule has 140 valence electrons. The lowest BCUT2D eigenvalue weighted by Crippen LogP contribution is -2.25. The van der Waals surface area contributed by atoms with Crippen LogP contribution in [-0.4, -0.2) is 28.0 Å². The Bertz CT molecular complexity index is 733. The van der Waals surface area contributed by atoms with E-state index in [4.69, 9.17) is 9.47 Å². The Morgan fingerprint density at radius 3 is 2.65 bits per heavy atom. The summed E-state index contributed by atoms with van der Waals surface area (Å²) in [4.78, 5) is 12.3. The molecule has 0 saturated heterocycles. The molecule has 0 amide bonds. The van der Waals surface area contributed by atoms with Crippen molar-refractivity contribution in [3.8, 4) is 0 Å². The van der Waals surface area contributed by atoms with E-state index in [1.807, 2.05) is 56.0 Å². The van der Waals surface area contributed by atoms with Crippen molar-refractivity contribution < 1.29 is 14.3 Å². The highest BCUT2D eigenvalue weighted by Crippen LogP contribution is 2.54. The van der Waals surface area contributed by atoms with E-state index < -0.39 is 5.60 Å². The fraction of sp³-hybridized carbons (Fsp3) is 0.524. The van der Waals surface area contributed by atoms with Gasteiger partial charge in [0.2, 0.25) is 0 Å². The van der Waals surface area contributed by atoms with Crippen LogP contribution >= 0.6 is 0 Å². The fourth-order valence-electron chi connectivity index (χ4n) is 3.30. The molecule has 0 spiro atoms. The Morgan fingerprint density at radius 1 is 1.23 bits per heavy atom. The molecular weight excluding hydrogens is 328 g/mol. The van der Waals surface area contributed by atoms with E-state index >= 15 is 0 Å². The number of carbonyl (C=O) groups is 1. The normalized spacial score (nSPS) is 22.2. The van der Waals surface area contributed by atoms with Crippen LogP contribution in [0.4, 0.5) is 0 Å². The Labute approximate surface area is 155 Å². The molecule has 0 aliphatic heterocycles. The van der Waals surface area contributed by atoms with Gasteiger partial charge in [0.25, 0.3) is 0 Å². The smallest absolute Gasteiger partial charge is 0.310 e. The van der Waals surface area contributed by atoms with Crippen molar-refractivity contribution in [2.24, 2.45) is 11.8 Å². The molecule has 0 radical (unpaired) electrons. The highest BCUT2D eigenvalue weighted by atomic mass is 16.6. The fourth-order valence-corrected chi connectivity index (χ4v) is 3.30. The van der Waals surface area contributed by atoms with Crippen LogP contribution in [0.5, 0.6) is 0 Å². The number of ether oxygens (including phenoxy) is 2. The molecule has 2 aromatic rings. The van der Waals surface area contributed by atoms with Crippen molar-refractivity contribution in [1.82, 2.24) is 9.78 Å². The zero-order valence-electron chi connectivity index (χ0n) is 16.0. The summed E-state index contributed by atoms with van der Waals surface area (Å²) in [5, 5.41) is 4.41. The second-order valence-electron chi connectivity index (χ2n) is 8.02. The maximum atomic E-state index is 12.3. The standard InChI is InChI=1S/C21H28N2O3/c1-15-18(19(15)20(24)26-21(2,3)4)17-12-22-23(13-17)10-11-25-14-16-8-6-5-7-9-16/h5-9,12-13,15,18-19H,10-11,14H2,1-4H3/t15?,18-,19+/m1/s1. The largest absolute Gasteiger partial charge is 0.460 e. The lowest BCUT2D eigenvalue weighted by molar-refractivity contribution is -0.156. The van der Waals surface area contributed by atoms with Crippen LogP contribution < -0.4 is 0 Å². The van der Waals surface area contributed by atoms with E-state index in [0.717, 1.165) is 5.56 Å². The average Bonchev–Trinajstić information content (AvgIpc) is 3.03. The second-order valence-corrected chi connectivity index (χ2v) is 8.02. The molecule has 5 heteroatoms. The number of hydrogen-bond donors (Lipinski definition) is 0. The molecule has 3 atom stereocenters. The summed E-state index contributed by atoms with van der Waals surface area (Å²) in [5.74, 6) is 0.357. The lowest BCUT2D eigenvalue weighted by Gasteiger charge is -2.19. The molecule has 1 aliphatic rings. The first-order chi connectivity index (χ1) is 12.3. The van der Waals surface area contributed by atoms with Gasteiger partial charge in [-0.05, 0) is 37.8 Å². The van der Waals surface area contributed by atoms with Crippen molar-refractivity contribution in [2.75, 3.05) is 6.61 Å². The van der Waals surface area contributed by atoms with Gasteiger partial charge >= 0.3 is 5.97 Å². The third kappa shape index (κ3) is 4.73. The number of nitrogens with zero attached hydrogens (tertiary/aromatic N) is 2. The predicted molar refractivity (Wildman–Crippen MR) is 99.6 cm³/mol. The maximum Gasteiger partial charge on any atom is 0.310 e. The van der Waals surface area contributed by atoms with E-state index in [-0.39, 0.29) is 17.8 Å². The van der Waals surface area contributed by atoms with Crippen molar-refractivity contribution in [1.29, 1.82) is 0 Å². The topological polar surface area (TPSA) is 53.3 Å². The summed E-state index contributed by atoms with van der Waals surface area (Å²) in [6, 6.07) is 10.1.